The topological polar surface area (TPSA) is 20.2 Å². The van der Waals surface area contributed by atoms with E-state index in [2.05, 4.69) is 19.1 Å². The number of hydrogen-bond donors (Lipinski definition) is 1. The fraction of sp³-hybridized carbons (Fsp3) is 0.947. The number of aliphatic hydroxyl groups is 1. The summed E-state index contributed by atoms with van der Waals surface area (Å²) in [7, 11) is 0. The maximum atomic E-state index is 8.90. The van der Waals surface area contributed by atoms with Crippen molar-refractivity contribution in [2.75, 3.05) is 0 Å². The van der Waals surface area contributed by atoms with Crippen LogP contribution >= 0.6 is 24.6 Å². The Kier molecular flexibility index (Phi) is 23.5. The average Bonchev–Trinajstić information content (AvgIpc) is 2.46. The molecule has 0 spiro atoms. The van der Waals surface area contributed by atoms with Gasteiger partial charge in [-0.15, -0.1) is 12.4 Å². The summed E-state index contributed by atoms with van der Waals surface area (Å²) in [6.45, 7) is 2.28. The SMILES string of the molecule is CCCCCCCCCCCCCCCCCCC(O)=S.Cl. The van der Waals surface area contributed by atoms with Crippen LogP contribution in [0, 0.1) is 0 Å². The molecule has 0 aliphatic heterocycles. The van der Waals surface area contributed by atoms with Crippen LogP contribution in [0.4, 0.5) is 0 Å². The normalized spacial score (nSPS) is 10.4. The molecule has 0 aromatic heterocycles. The Labute approximate surface area is 151 Å². The Balaban J connectivity index is 0. The van der Waals surface area contributed by atoms with E-state index >= 15 is 0 Å². The molecule has 1 nitrogen and oxygen atoms in total. The van der Waals surface area contributed by atoms with E-state index in [4.69, 9.17) is 5.11 Å². The van der Waals surface area contributed by atoms with Gasteiger partial charge in [0.2, 0.25) is 0 Å². The van der Waals surface area contributed by atoms with Gasteiger partial charge in [0.25, 0.3) is 0 Å². The molecule has 0 heterocycles. The van der Waals surface area contributed by atoms with Crippen molar-refractivity contribution in [3.8, 4) is 0 Å². The summed E-state index contributed by atoms with van der Waals surface area (Å²) in [6, 6.07) is 0. The second-order valence-electron chi connectivity index (χ2n) is 6.45. The summed E-state index contributed by atoms with van der Waals surface area (Å²) in [5, 5.41) is 9.08. The van der Waals surface area contributed by atoms with Crippen LogP contribution in [0.15, 0.2) is 0 Å². The van der Waals surface area contributed by atoms with E-state index in [0.717, 1.165) is 6.42 Å². The molecule has 134 valence electrons. The van der Waals surface area contributed by atoms with E-state index < -0.39 is 0 Å². The standard InChI is InChI=1S/C19H38OS.ClH/c1-2-3-4-5-6-7-8-9-10-11-12-13-14-15-16-17-18-19(20)21;/h2-18H2,1H3,(H,20,21);1H. The van der Waals surface area contributed by atoms with Crippen LogP contribution in [0.5, 0.6) is 0 Å². The minimum absolute atomic E-state index is 0. The van der Waals surface area contributed by atoms with Gasteiger partial charge >= 0.3 is 0 Å². The summed E-state index contributed by atoms with van der Waals surface area (Å²) < 4.78 is 0. The number of rotatable bonds is 17. The molecule has 0 aliphatic rings. The molecule has 3 heteroatoms. The maximum Gasteiger partial charge on any atom is 0.156 e. The molecule has 0 atom stereocenters. The highest BCUT2D eigenvalue weighted by Gasteiger charge is 1.95. The zero-order valence-corrected chi connectivity index (χ0v) is 16.4. The predicted molar refractivity (Wildman–Crippen MR) is 107 cm³/mol. The van der Waals surface area contributed by atoms with Crippen molar-refractivity contribution < 1.29 is 5.11 Å². The molecular formula is C19H39ClOS. The first-order chi connectivity index (χ1) is 10.3. The molecule has 0 unspecified atom stereocenters. The highest BCUT2D eigenvalue weighted by Crippen LogP contribution is 2.13. The van der Waals surface area contributed by atoms with Crippen molar-refractivity contribution >= 4 is 29.7 Å². The highest BCUT2D eigenvalue weighted by molar-refractivity contribution is 7.80. The maximum absolute atomic E-state index is 8.90. The van der Waals surface area contributed by atoms with E-state index in [9.17, 15) is 0 Å². The quantitative estimate of drug-likeness (QED) is 0.212. The minimum atomic E-state index is 0. The lowest BCUT2D eigenvalue weighted by Crippen LogP contribution is -1.90. The third-order valence-corrected chi connectivity index (χ3v) is 4.45. The number of halogens is 1. The van der Waals surface area contributed by atoms with Crippen LogP contribution in [0.2, 0.25) is 0 Å². The molecule has 1 N–H and O–H groups in total. The van der Waals surface area contributed by atoms with Gasteiger partial charge < -0.3 is 5.11 Å². The lowest BCUT2D eigenvalue weighted by molar-refractivity contribution is 0.520. The Bertz CT molecular complexity index is 221. The van der Waals surface area contributed by atoms with Crippen LogP contribution in [0.1, 0.15) is 116 Å². The molecule has 0 aromatic rings. The molecular weight excluding hydrogens is 312 g/mol. The third kappa shape index (κ3) is 22.5. The van der Waals surface area contributed by atoms with Gasteiger partial charge in [0, 0.05) is 6.42 Å². The summed E-state index contributed by atoms with van der Waals surface area (Å²) in [4.78, 5) is 0. The van der Waals surface area contributed by atoms with Gasteiger partial charge in [0.05, 0.1) is 0 Å². The van der Waals surface area contributed by atoms with Crippen LogP contribution in [0.25, 0.3) is 0 Å². The lowest BCUT2D eigenvalue weighted by atomic mass is 10.0. The van der Waals surface area contributed by atoms with Gasteiger partial charge in [-0.1, -0.05) is 103 Å². The molecule has 0 bridgehead atoms. The van der Waals surface area contributed by atoms with E-state index in [1.54, 1.807) is 0 Å². The molecule has 0 fully saturated rings. The van der Waals surface area contributed by atoms with Gasteiger partial charge in [-0.3, -0.25) is 0 Å². The molecule has 22 heavy (non-hydrogen) atoms. The second-order valence-corrected chi connectivity index (χ2v) is 6.92. The zero-order chi connectivity index (χ0) is 15.6. The fourth-order valence-corrected chi connectivity index (χ4v) is 2.97. The van der Waals surface area contributed by atoms with Crippen molar-refractivity contribution in [3.05, 3.63) is 0 Å². The predicted octanol–water partition coefficient (Wildman–Crippen LogP) is 7.95. The summed E-state index contributed by atoms with van der Waals surface area (Å²) >= 11 is 4.66. The summed E-state index contributed by atoms with van der Waals surface area (Å²) in [5.41, 5.74) is 0. The molecule has 0 aromatic carbocycles. The number of aliphatic hydroxyl groups excluding tert-OH is 1. The summed E-state index contributed by atoms with van der Waals surface area (Å²) in [5.74, 6) is 0. The first kappa shape index (κ1) is 24.4. The molecule has 0 rings (SSSR count). The molecule has 0 amide bonds. The van der Waals surface area contributed by atoms with Crippen LogP contribution in [-0.2, 0) is 0 Å². The number of thiocarbonyl (C=S) groups is 1. The highest BCUT2D eigenvalue weighted by atomic mass is 35.5. The monoisotopic (exact) mass is 350 g/mol. The molecule has 0 saturated carbocycles. The van der Waals surface area contributed by atoms with Gasteiger partial charge in [0.1, 0.15) is 0 Å². The third-order valence-electron chi connectivity index (χ3n) is 4.24. The second kappa shape index (κ2) is 21.2. The Hall–Kier alpha value is 0.180. The van der Waals surface area contributed by atoms with Crippen molar-refractivity contribution in [1.29, 1.82) is 0 Å². The van der Waals surface area contributed by atoms with Crippen LogP contribution < -0.4 is 0 Å². The minimum Gasteiger partial charge on any atom is -0.502 e. The van der Waals surface area contributed by atoms with Crippen molar-refractivity contribution in [2.45, 2.75) is 116 Å². The Morgan fingerprint density at radius 2 is 0.864 bits per heavy atom. The molecule has 0 saturated heterocycles. The van der Waals surface area contributed by atoms with Crippen LogP contribution in [-0.4, -0.2) is 10.2 Å². The fourth-order valence-electron chi connectivity index (χ4n) is 2.82. The largest absolute Gasteiger partial charge is 0.502 e. The van der Waals surface area contributed by atoms with Crippen LogP contribution in [0.3, 0.4) is 0 Å². The first-order valence-corrected chi connectivity index (χ1v) is 9.90. The molecule has 0 radical (unpaired) electrons. The van der Waals surface area contributed by atoms with Crippen molar-refractivity contribution in [3.63, 3.8) is 0 Å². The zero-order valence-electron chi connectivity index (χ0n) is 14.8. The van der Waals surface area contributed by atoms with E-state index in [0.29, 0.717) is 6.42 Å². The van der Waals surface area contributed by atoms with Gasteiger partial charge in [0.15, 0.2) is 5.05 Å². The van der Waals surface area contributed by atoms with Gasteiger partial charge in [-0.05, 0) is 18.6 Å². The Morgan fingerprint density at radius 3 is 1.14 bits per heavy atom. The smallest absolute Gasteiger partial charge is 0.156 e. The number of hydrogen-bond acceptors (Lipinski definition) is 1. The van der Waals surface area contributed by atoms with E-state index in [1.165, 1.54) is 96.3 Å². The van der Waals surface area contributed by atoms with E-state index in [-0.39, 0.29) is 17.5 Å². The Morgan fingerprint density at radius 1 is 0.591 bits per heavy atom. The van der Waals surface area contributed by atoms with Crippen molar-refractivity contribution in [1.82, 2.24) is 0 Å². The van der Waals surface area contributed by atoms with Gasteiger partial charge in [-0.25, -0.2) is 0 Å². The summed E-state index contributed by atoms with van der Waals surface area (Å²) in [6.07, 6.45) is 22.8. The average molecular weight is 351 g/mol. The molecule has 0 aliphatic carbocycles. The first-order valence-electron chi connectivity index (χ1n) is 9.49. The van der Waals surface area contributed by atoms with Gasteiger partial charge in [-0.2, -0.15) is 0 Å². The van der Waals surface area contributed by atoms with Crippen molar-refractivity contribution in [2.24, 2.45) is 0 Å². The number of unbranched alkanes of at least 4 members (excludes halogenated alkanes) is 15. The van der Waals surface area contributed by atoms with E-state index in [1.807, 2.05) is 0 Å². The lowest BCUT2D eigenvalue weighted by Gasteiger charge is -2.03.